The van der Waals surface area contributed by atoms with E-state index in [-0.39, 0.29) is 11.2 Å². The van der Waals surface area contributed by atoms with Crippen molar-refractivity contribution in [3.05, 3.63) is 46.4 Å². The highest BCUT2D eigenvalue weighted by atomic mass is 16.5. The average Bonchev–Trinajstić information content (AvgIpc) is 2.50. The Morgan fingerprint density at radius 1 is 1.41 bits per heavy atom. The summed E-state index contributed by atoms with van der Waals surface area (Å²) in [4.78, 5) is 24.2. The monoisotopic (exact) mass is 303 g/mol. The van der Waals surface area contributed by atoms with Crippen molar-refractivity contribution in [1.82, 2.24) is 10.0 Å². The highest BCUT2D eigenvalue weighted by Gasteiger charge is 2.18. The van der Waals surface area contributed by atoms with E-state index < -0.39 is 11.5 Å². The molecule has 1 atom stereocenters. The van der Waals surface area contributed by atoms with Gasteiger partial charge in [0.15, 0.2) is 0 Å². The first-order valence-electron chi connectivity index (χ1n) is 7.27. The van der Waals surface area contributed by atoms with Gasteiger partial charge in [-0.15, -0.1) is 4.73 Å². The third kappa shape index (κ3) is 3.28. The molecule has 1 heterocycles. The van der Waals surface area contributed by atoms with Gasteiger partial charge in [-0.1, -0.05) is 25.1 Å². The van der Waals surface area contributed by atoms with Crippen molar-refractivity contribution in [1.29, 1.82) is 0 Å². The molecule has 0 fully saturated rings. The summed E-state index contributed by atoms with van der Waals surface area (Å²) in [7, 11) is 0. The van der Waals surface area contributed by atoms with Crippen molar-refractivity contribution in [2.45, 2.75) is 32.2 Å². The number of pyridine rings is 1. The Morgan fingerprint density at radius 3 is 2.77 bits per heavy atom. The highest BCUT2D eigenvalue weighted by molar-refractivity contribution is 5.96. The van der Waals surface area contributed by atoms with Gasteiger partial charge in [0.05, 0.1) is 5.39 Å². The Morgan fingerprint density at radius 2 is 2.09 bits per heavy atom. The smallest absolute Gasteiger partial charge is 0.291 e. The third-order valence-corrected chi connectivity index (χ3v) is 3.93. The number of aromatic nitrogens is 1. The molecule has 0 saturated carbocycles. The first-order valence-corrected chi connectivity index (χ1v) is 7.27. The Balaban J connectivity index is 2.22. The van der Waals surface area contributed by atoms with Gasteiger partial charge in [-0.25, -0.2) is 0 Å². The molecule has 0 aliphatic carbocycles. The van der Waals surface area contributed by atoms with Crippen LogP contribution in [-0.2, 0) is 0 Å². The highest BCUT2D eigenvalue weighted by Crippen LogP contribution is 2.12. The molecule has 6 heteroatoms. The Labute approximate surface area is 128 Å². The van der Waals surface area contributed by atoms with E-state index in [4.69, 9.17) is 5.73 Å². The number of rotatable bonds is 5. The second-order valence-corrected chi connectivity index (χ2v) is 5.75. The van der Waals surface area contributed by atoms with E-state index in [1.165, 1.54) is 6.07 Å². The van der Waals surface area contributed by atoms with Crippen LogP contribution in [0.3, 0.4) is 0 Å². The molecule has 0 aliphatic heterocycles. The molecule has 2 aromatic rings. The van der Waals surface area contributed by atoms with Crippen LogP contribution in [0.2, 0.25) is 0 Å². The van der Waals surface area contributed by atoms with Gasteiger partial charge >= 0.3 is 0 Å². The summed E-state index contributed by atoms with van der Waals surface area (Å²) >= 11 is 0. The lowest BCUT2D eigenvalue weighted by molar-refractivity contribution is 0.0891. The third-order valence-electron chi connectivity index (χ3n) is 3.93. The number of carbonyl (C=O) groups excluding carboxylic acids is 1. The number of fused-ring (bicyclic) bond motifs is 1. The molecule has 0 spiro atoms. The number of nitrogens with zero attached hydrogens (tertiary/aromatic N) is 1. The Kier molecular flexibility index (Phi) is 4.51. The van der Waals surface area contributed by atoms with Gasteiger partial charge in [0.25, 0.3) is 11.5 Å². The summed E-state index contributed by atoms with van der Waals surface area (Å²) in [6.45, 7) is 4.27. The minimum absolute atomic E-state index is 0.0843. The first-order chi connectivity index (χ1) is 10.4. The first kappa shape index (κ1) is 16.0. The second-order valence-electron chi connectivity index (χ2n) is 5.75. The fourth-order valence-corrected chi connectivity index (χ4v) is 2.14. The predicted molar refractivity (Wildman–Crippen MR) is 85.2 cm³/mol. The standard InChI is InChI=1S/C16H21N3O3/c1-3-16(2,17)8-9-18-14(20)13-10-11-6-4-5-7-12(11)15(21)19(13)22/h4-7,10,22H,3,8-9,17H2,1-2H3,(H,18,20). The summed E-state index contributed by atoms with van der Waals surface area (Å²) in [5.41, 5.74) is 4.97. The maximum atomic E-state index is 12.2. The molecule has 0 radical (unpaired) electrons. The molecule has 0 aliphatic rings. The molecule has 1 unspecified atom stereocenters. The number of amides is 1. The zero-order valence-electron chi connectivity index (χ0n) is 12.8. The number of hydrogen-bond acceptors (Lipinski definition) is 4. The molecule has 118 valence electrons. The van der Waals surface area contributed by atoms with E-state index in [0.717, 1.165) is 6.42 Å². The molecule has 0 saturated heterocycles. The van der Waals surface area contributed by atoms with Gasteiger partial charge < -0.3 is 16.3 Å². The van der Waals surface area contributed by atoms with Crippen LogP contribution in [0.5, 0.6) is 0 Å². The number of nitrogens with two attached hydrogens (primary N) is 1. The van der Waals surface area contributed by atoms with E-state index >= 15 is 0 Å². The lowest BCUT2D eigenvalue weighted by Crippen LogP contribution is -2.40. The normalized spacial score (nSPS) is 13.8. The van der Waals surface area contributed by atoms with Crippen LogP contribution in [0.15, 0.2) is 35.1 Å². The maximum absolute atomic E-state index is 12.2. The molecular formula is C16H21N3O3. The fraction of sp³-hybridized carbons (Fsp3) is 0.375. The molecule has 6 nitrogen and oxygen atoms in total. The zero-order valence-corrected chi connectivity index (χ0v) is 12.8. The van der Waals surface area contributed by atoms with Gasteiger partial charge in [0, 0.05) is 12.1 Å². The van der Waals surface area contributed by atoms with Gasteiger partial charge in [0.1, 0.15) is 5.69 Å². The maximum Gasteiger partial charge on any atom is 0.291 e. The summed E-state index contributed by atoms with van der Waals surface area (Å²) in [5, 5.41) is 13.5. The molecule has 22 heavy (non-hydrogen) atoms. The van der Waals surface area contributed by atoms with Crippen molar-refractivity contribution < 1.29 is 10.0 Å². The predicted octanol–water partition coefficient (Wildman–Crippen LogP) is 1.49. The van der Waals surface area contributed by atoms with Crippen molar-refractivity contribution in [3.63, 3.8) is 0 Å². The number of hydrogen-bond donors (Lipinski definition) is 3. The van der Waals surface area contributed by atoms with Crippen LogP contribution in [0.1, 0.15) is 37.2 Å². The van der Waals surface area contributed by atoms with Crippen molar-refractivity contribution in [2.24, 2.45) is 5.73 Å². The van der Waals surface area contributed by atoms with Crippen LogP contribution in [0, 0.1) is 0 Å². The van der Waals surface area contributed by atoms with E-state index in [1.807, 2.05) is 13.8 Å². The average molecular weight is 303 g/mol. The SMILES string of the molecule is CCC(C)(N)CCNC(=O)c1cc2ccccc2c(=O)n1O. The van der Waals surface area contributed by atoms with Crippen molar-refractivity contribution in [3.8, 4) is 0 Å². The Bertz CT molecular complexity index is 750. The van der Waals surface area contributed by atoms with Gasteiger partial charge in [-0.2, -0.15) is 0 Å². The van der Waals surface area contributed by atoms with Crippen LogP contribution in [-0.4, -0.2) is 27.9 Å². The van der Waals surface area contributed by atoms with Crippen LogP contribution in [0.25, 0.3) is 10.8 Å². The van der Waals surface area contributed by atoms with Crippen LogP contribution < -0.4 is 16.6 Å². The zero-order chi connectivity index (χ0) is 16.3. The molecule has 4 N–H and O–H groups in total. The van der Waals surface area contributed by atoms with Gasteiger partial charge in [0.2, 0.25) is 0 Å². The van der Waals surface area contributed by atoms with E-state index in [1.54, 1.807) is 24.3 Å². The minimum Gasteiger partial charge on any atom is -0.425 e. The molecule has 1 aromatic carbocycles. The molecular weight excluding hydrogens is 282 g/mol. The largest absolute Gasteiger partial charge is 0.425 e. The van der Waals surface area contributed by atoms with Crippen molar-refractivity contribution >= 4 is 16.7 Å². The molecule has 0 bridgehead atoms. The lowest BCUT2D eigenvalue weighted by Gasteiger charge is -2.22. The minimum atomic E-state index is -0.611. The summed E-state index contributed by atoms with van der Waals surface area (Å²) in [6.07, 6.45) is 1.40. The summed E-state index contributed by atoms with van der Waals surface area (Å²) in [6, 6.07) is 8.30. The van der Waals surface area contributed by atoms with Gasteiger partial charge in [-0.05, 0) is 37.3 Å². The number of nitrogens with one attached hydrogen (secondary N) is 1. The van der Waals surface area contributed by atoms with Crippen LogP contribution >= 0.6 is 0 Å². The lowest BCUT2D eigenvalue weighted by atomic mass is 9.96. The van der Waals surface area contributed by atoms with E-state index in [0.29, 0.717) is 28.5 Å². The van der Waals surface area contributed by atoms with E-state index in [9.17, 15) is 14.8 Å². The number of benzene rings is 1. The fourth-order valence-electron chi connectivity index (χ4n) is 2.14. The van der Waals surface area contributed by atoms with Gasteiger partial charge in [-0.3, -0.25) is 9.59 Å². The van der Waals surface area contributed by atoms with E-state index in [2.05, 4.69) is 5.32 Å². The van der Waals surface area contributed by atoms with Crippen molar-refractivity contribution in [2.75, 3.05) is 6.54 Å². The number of carbonyl (C=O) groups is 1. The second kappa shape index (κ2) is 6.19. The van der Waals surface area contributed by atoms with Crippen LogP contribution in [0.4, 0.5) is 0 Å². The molecule has 1 amide bonds. The molecule has 2 rings (SSSR count). The summed E-state index contributed by atoms with van der Waals surface area (Å²) < 4.78 is 0.388. The topological polar surface area (TPSA) is 97.4 Å². The molecule has 1 aromatic heterocycles. The Hall–Kier alpha value is -2.34. The quantitative estimate of drug-likeness (QED) is 0.729. The summed E-state index contributed by atoms with van der Waals surface area (Å²) in [5.74, 6) is -0.503.